The van der Waals surface area contributed by atoms with Gasteiger partial charge in [0, 0.05) is 0 Å². The molecule has 2 unspecified atom stereocenters. The molecular weight excluding hydrogens is 336 g/mol. The topological polar surface area (TPSA) is 35.5 Å². The Labute approximate surface area is 166 Å². The number of hydrogen-bond donors (Lipinski definition) is 0. The Morgan fingerprint density at radius 1 is 1.04 bits per heavy atom. The number of aryl methyl sites for hydroxylation is 1. The molecule has 0 aliphatic carbocycles. The first-order valence-corrected chi connectivity index (χ1v) is 10.8. The van der Waals surface area contributed by atoms with E-state index in [4.69, 9.17) is 9.47 Å². The van der Waals surface area contributed by atoms with E-state index in [2.05, 4.69) is 58.0 Å². The Morgan fingerprint density at radius 2 is 1.74 bits per heavy atom. The number of rotatable bonds is 14. The fourth-order valence-corrected chi connectivity index (χ4v) is 3.67. The van der Waals surface area contributed by atoms with Gasteiger partial charge in [-0.05, 0) is 55.9 Å². The summed E-state index contributed by atoms with van der Waals surface area (Å²) in [6.45, 7) is 11.6. The number of esters is 1. The zero-order valence-electron chi connectivity index (χ0n) is 18.1. The van der Waals surface area contributed by atoms with Gasteiger partial charge in [-0.1, -0.05) is 71.4 Å². The monoisotopic (exact) mass is 376 g/mol. The van der Waals surface area contributed by atoms with Crippen molar-refractivity contribution < 1.29 is 14.3 Å². The van der Waals surface area contributed by atoms with Crippen LogP contribution in [0.4, 0.5) is 0 Å². The summed E-state index contributed by atoms with van der Waals surface area (Å²) < 4.78 is 11.9. The van der Waals surface area contributed by atoms with Crippen LogP contribution >= 0.6 is 0 Å². The van der Waals surface area contributed by atoms with E-state index in [0.717, 1.165) is 38.5 Å². The second-order valence-corrected chi connectivity index (χ2v) is 7.95. The van der Waals surface area contributed by atoms with Crippen molar-refractivity contribution >= 4 is 5.97 Å². The fourth-order valence-electron chi connectivity index (χ4n) is 3.67. The summed E-state index contributed by atoms with van der Waals surface area (Å²) in [5.41, 5.74) is 0.540. The standard InChI is InChI=1S/C24H40O3/c1-6-13-22(17-12-16-21-14-10-9-11-15-21)24(8-3,27-19-20(4)5)23(25)26-18-7-2/h9-11,14-15,20,22H,6-8,12-13,16-19H2,1-5H3. The van der Waals surface area contributed by atoms with Crippen molar-refractivity contribution in [3.05, 3.63) is 35.9 Å². The van der Waals surface area contributed by atoms with E-state index in [1.54, 1.807) is 0 Å². The molecule has 0 amide bonds. The summed E-state index contributed by atoms with van der Waals surface area (Å²) in [5.74, 6) is 0.423. The Morgan fingerprint density at radius 3 is 2.30 bits per heavy atom. The molecule has 0 fully saturated rings. The first-order chi connectivity index (χ1) is 13.0. The number of hydrogen-bond acceptors (Lipinski definition) is 3. The molecule has 0 bridgehead atoms. The highest BCUT2D eigenvalue weighted by molar-refractivity contribution is 5.80. The molecule has 3 nitrogen and oxygen atoms in total. The van der Waals surface area contributed by atoms with Crippen molar-refractivity contribution in [2.75, 3.05) is 13.2 Å². The normalized spacial score (nSPS) is 14.7. The SMILES string of the molecule is CCCOC(=O)C(CC)(OCC(C)C)C(CCC)CCCc1ccccc1. The smallest absolute Gasteiger partial charge is 0.338 e. The van der Waals surface area contributed by atoms with Gasteiger partial charge in [0.05, 0.1) is 13.2 Å². The molecule has 0 aliphatic rings. The summed E-state index contributed by atoms with van der Waals surface area (Å²) in [5, 5.41) is 0. The van der Waals surface area contributed by atoms with Gasteiger partial charge in [0.2, 0.25) is 0 Å². The predicted molar refractivity (Wildman–Crippen MR) is 113 cm³/mol. The summed E-state index contributed by atoms with van der Waals surface area (Å²) in [4.78, 5) is 13.1. The van der Waals surface area contributed by atoms with Crippen molar-refractivity contribution in [2.24, 2.45) is 11.8 Å². The highest BCUT2D eigenvalue weighted by atomic mass is 16.6. The van der Waals surface area contributed by atoms with Gasteiger partial charge in [-0.15, -0.1) is 0 Å². The summed E-state index contributed by atoms with van der Waals surface area (Å²) >= 11 is 0. The minimum atomic E-state index is -0.813. The Kier molecular flexibility index (Phi) is 11.3. The van der Waals surface area contributed by atoms with Crippen LogP contribution < -0.4 is 0 Å². The third-order valence-corrected chi connectivity index (χ3v) is 5.14. The average Bonchev–Trinajstić information content (AvgIpc) is 2.67. The molecular formula is C24H40O3. The van der Waals surface area contributed by atoms with Gasteiger partial charge in [-0.2, -0.15) is 0 Å². The van der Waals surface area contributed by atoms with Crippen LogP contribution in [0.3, 0.4) is 0 Å². The van der Waals surface area contributed by atoms with Gasteiger partial charge in [-0.25, -0.2) is 4.79 Å². The molecule has 0 aliphatic heterocycles. The molecule has 2 atom stereocenters. The number of ether oxygens (including phenoxy) is 2. The van der Waals surface area contributed by atoms with Gasteiger partial charge < -0.3 is 9.47 Å². The Bertz CT molecular complexity index is 512. The van der Waals surface area contributed by atoms with Crippen molar-refractivity contribution in [2.45, 2.75) is 85.2 Å². The Hall–Kier alpha value is -1.35. The molecule has 3 heteroatoms. The van der Waals surface area contributed by atoms with Crippen molar-refractivity contribution in [3.8, 4) is 0 Å². The van der Waals surface area contributed by atoms with E-state index in [1.165, 1.54) is 5.56 Å². The first kappa shape index (κ1) is 23.7. The summed E-state index contributed by atoms with van der Waals surface area (Å²) in [6, 6.07) is 10.6. The molecule has 0 radical (unpaired) electrons. The van der Waals surface area contributed by atoms with E-state index in [-0.39, 0.29) is 11.9 Å². The van der Waals surface area contributed by atoms with Crippen LogP contribution in [0.25, 0.3) is 0 Å². The van der Waals surface area contributed by atoms with Crippen LogP contribution in [0.2, 0.25) is 0 Å². The molecule has 27 heavy (non-hydrogen) atoms. The van der Waals surface area contributed by atoms with Crippen LogP contribution in [0.15, 0.2) is 30.3 Å². The number of carbonyl (C=O) groups excluding carboxylic acids is 1. The number of benzene rings is 1. The zero-order chi connectivity index (χ0) is 20.1. The van der Waals surface area contributed by atoms with Gasteiger partial charge in [0.1, 0.15) is 0 Å². The van der Waals surface area contributed by atoms with Gasteiger partial charge >= 0.3 is 5.97 Å². The second kappa shape index (κ2) is 12.9. The van der Waals surface area contributed by atoms with E-state index in [1.807, 2.05) is 6.92 Å². The maximum absolute atomic E-state index is 13.1. The highest BCUT2D eigenvalue weighted by Crippen LogP contribution is 2.35. The summed E-state index contributed by atoms with van der Waals surface area (Å²) in [6.07, 6.45) is 6.61. The minimum Gasteiger partial charge on any atom is -0.464 e. The lowest BCUT2D eigenvalue weighted by Gasteiger charge is -2.38. The van der Waals surface area contributed by atoms with Gasteiger partial charge in [0.15, 0.2) is 5.60 Å². The largest absolute Gasteiger partial charge is 0.464 e. The van der Waals surface area contributed by atoms with Crippen molar-refractivity contribution in [3.63, 3.8) is 0 Å². The zero-order valence-corrected chi connectivity index (χ0v) is 18.1. The lowest BCUT2D eigenvalue weighted by Crippen LogP contribution is -2.50. The van der Waals surface area contributed by atoms with Gasteiger partial charge in [0.25, 0.3) is 0 Å². The lowest BCUT2D eigenvalue weighted by molar-refractivity contribution is -0.185. The van der Waals surface area contributed by atoms with Crippen LogP contribution in [0.1, 0.15) is 78.7 Å². The first-order valence-electron chi connectivity index (χ1n) is 10.8. The third-order valence-electron chi connectivity index (χ3n) is 5.14. The van der Waals surface area contributed by atoms with E-state index in [0.29, 0.717) is 25.6 Å². The highest BCUT2D eigenvalue weighted by Gasteiger charge is 2.46. The van der Waals surface area contributed by atoms with E-state index < -0.39 is 5.60 Å². The second-order valence-electron chi connectivity index (χ2n) is 7.95. The van der Waals surface area contributed by atoms with Gasteiger partial charge in [-0.3, -0.25) is 0 Å². The van der Waals surface area contributed by atoms with E-state index >= 15 is 0 Å². The molecule has 0 N–H and O–H groups in total. The number of carbonyl (C=O) groups is 1. The molecule has 1 aromatic rings. The fraction of sp³-hybridized carbons (Fsp3) is 0.708. The van der Waals surface area contributed by atoms with Crippen LogP contribution in [0.5, 0.6) is 0 Å². The quantitative estimate of drug-likeness (QED) is 0.363. The predicted octanol–water partition coefficient (Wildman–Crippen LogP) is 6.20. The lowest BCUT2D eigenvalue weighted by atomic mass is 9.78. The Balaban J connectivity index is 2.92. The molecule has 0 saturated carbocycles. The molecule has 1 rings (SSSR count). The van der Waals surface area contributed by atoms with Crippen molar-refractivity contribution in [1.29, 1.82) is 0 Å². The van der Waals surface area contributed by atoms with Crippen LogP contribution in [0, 0.1) is 11.8 Å². The maximum Gasteiger partial charge on any atom is 0.338 e. The van der Waals surface area contributed by atoms with E-state index in [9.17, 15) is 4.79 Å². The maximum atomic E-state index is 13.1. The van der Waals surface area contributed by atoms with Crippen LogP contribution in [-0.4, -0.2) is 24.8 Å². The minimum absolute atomic E-state index is 0.161. The molecule has 0 spiro atoms. The molecule has 1 aromatic carbocycles. The van der Waals surface area contributed by atoms with Crippen molar-refractivity contribution in [1.82, 2.24) is 0 Å². The molecule has 0 aromatic heterocycles. The molecule has 0 heterocycles. The summed E-state index contributed by atoms with van der Waals surface area (Å²) in [7, 11) is 0. The third kappa shape index (κ3) is 7.65. The van der Waals surface area contributed by atoms with Crippen LogP contribution in [-0.2, 0) is 20.7 Å². The molecule has 154 valence electrons. The average molecular weight is 377 g/mol. The molecule has 0 saturated heterocycles.